The van der Waals surface area contributed by atoms with E-state index in [2.05, 4.69) is 10.3 Å². The maximum absolute atomic E-state index is 12.9. The van der Waals surface area contributed by atoms with E-state index in [4.69, 9.17) is 0 Å². The largest absolute Gasteiger partial charge is 0.387 e. The number of benzene rings is 1. The van der Waals surface area contributed by atoms with E-state index in [0.717, 1.165) is 5.56 Å². The molecule has 1 atom stereocenters. The minimum Gasteiger partial charge on any atom is -0.387 e. The second-order valence-corrected chi connectivity index (χ2v) is 3.65. The third kappa shape index (κ3) is 2.43. The maximum Gasteiger partial charge on any atom is 0.123 e. The molecular formula is C11H12FN3O. The van der Waals surface area contributed by atoms with Crippen LogP contribution in [-0.4, -0.2) is 20.1 Å². The van der Waals surface area contributed by atoms with Crippen LogP contribution in [0.25, 0.3) is 0 Å². The first-order valence-corrected chi connectivity index (χ1v) is 4.97. The van der Waals surface area contributed by atoms with Gasteiger partial charge in [0.05, 0.1) is 18.8 Å². The molecule has 2 aromatic rings. The molecule has 0 fully saturated rings. The van der Waals surface area contributed by atoms with Crippen LogP contribution in [0.15, 0.2) is 30.5 Å². The Hall–Kier alpha value is -1.75. The molecule has 0 saturated carbocycles. The van der Waals surface area contributed by atoms with Crippen molar-refractivity contribution in [2.75, 3.05) is 0 Å². The Kier molecular flexibility index (Phi) is 2.96. The van der Waals surface area contributed by atoms with E-state index in [-0.39, 0.29) is 5.82 Å². The van der Waals surface area contributed by atoms with Crippen molar-refractivity contribution in [2.45, 2.75) is 19.6 Å². The van der Waals surface area contributed by atoms with Gasteiger partial charge in [0.25, 0.3) is 0 Å². The molecule has 4 nitrogen and oxygen atoms in total. The Balaban J connectivity index is 2.14. The van der Waals surface area contributed by atoms with Crippen LogP contribution >= 0.6 is 0 Å². The molecule has 0 radical (unpaired) electrons. The van der Waals surface area contributed by atoms with Crippen LogP contribution in [0, 0.1) is 5.82 Å². The van der Waals surface area contributed by atoms with Crippen molar-refractivity contribution in [1.82, 2.24) is 15.0 Å². The van der Waals surface area contributed by atoms with Crippen LogP contribution in [0.1, 0.15) is 24.3 Å². The molecule has 1 aromatic heterocycles. The smallest absolute Gasteiger partial charge is 0.123 e. The Morgan fingerprint density at radius 2 is 2.31 bits per heavy atom. The first-order chi connectivity index (χ1) is 7.65. The minimum absolute atomic E-state index is 0.270. The summed E-state index contributed by atoms with van der Waals surface area (Å²) in [6.07, 6.45) is 1.01. The van der Waals surface area contributed by atoms with Gasteiger partial charge in [-0.2, -0.15) is 0 Å². The Morgan fingerprint density at radius 1 is 1.50 bits per heavy atom. The highest BCUT2D eigenvalue weighted by atomic mass is 19.1. The van der Waals surface area contributed by atoms with Gasteiger partial charge in [0.15, 0.2) is 0 Å². The molecule has 1 N–H and O–H groups in total. The highest BCUT2D eigenvalue weighted by Crippen LogP contribution is 2.09. The molecular weight excluding hydrogens is 209 g/mol. The molecule has 16 heavy (non-hydrogen) atoms. The molecule has 1 unspecified atom stereocenters. The summed E-state index contributed by atoms with van der Waals surface area (Å²) in [6.45, 7) is 2.06. The molecule has 0 aliphatic heterocycles. The highest BCUT2D eigenvalue weighted by molar-refractivity contribution is 5.16. The Labute approximate surface area is 92.3 Å². The monoisotopic (exact) mass is 221 g/mol. The molecule has 0 aliphatic carbocycles. The van der Waals surface area contributed by atoms with Crippen LogP contribution in [0.3, 0.4) is 0 Å². The Bertz CT molecular complexity index is 482. The van der Waals surface area contributed by atoms with Gasteiger partial charge in [-0.1, -0.05) is 17.3 Å². The van der Waals surface area contributed by atoms with E-state index < -0.39 is 6.10 Å². The molecule has 0 amide bonds. The van der Waals surface area contributed by atoms with E-state index >= 15 is 0 Å². The molecule has 84 valence electrons. The summed E-state index contributed by atoms with van der Waals surface area (Å²) in [6, 6.07) is 6.31. The summed E-state index contributed by atoms with van der Waals surface area (Å²) in [5.41, 5.74) is 1.32. The lowest BCUT2D eigenvalue weighted by Crippen LogP contribution is -2.00. The maximum atomic E-state index is 12.9. The van der Waals surface area contributed by atoms with Gasteiger partial charge >= 0.3 is 0 Å². The number of hydrogen-bond donors (Lipinski definition) is 1. The van der Waals surface area contributed by atoms with Crippen LogP contribution in [0.2, 0.25) is 0 Å². The number of halogens is 1. The number of aromatic nitrogens is 3. The number of rotatable bonds is 3. The molecule has 1 aromatic carbocycles. The lowest BCUT2D eigenvalue weighted by molar-refractivity contribution is 0.194. The first-order valence-electron chi connectivity index (χ1n) is 4.97. The molecule has 0 spiro atoms. The van der Waals surface area contributed by atoms with Crippen LogP contribution < -0.4 is 0 Å². The van der Waals surface area contributed by atoms with Gasteiger partial charge < -0.3 is 5.11 Å². The summed E-state index contributed by atoms with van der Waals surface area (Å²) >= 11 is 0. The summed E-state index contributed by atoms with van der Waals surface area (Å²) in [5.74, 6) is -0.270. The van der Waals surface area contributed by atoms with Gasteiger partial charge in [0, 0.05) is 0 Å². The third-order valence-corrected chi connectivity index (χ3v) is 2.22. The summed E-state index contributed by atoms with van der Waals surface area (Å²) < 4.78 is 14.5. The highest BCUT2D eigenvalue weighted by Gasteiger charge is 2.06. The van der Waals surface area contributed by atoms with Gasteiger partial charge in [0.1, 0.15) is 11.5 Å². The van der Waals surface area contributed by atoms with Crippen molar-refractivity contribution in [3.63, 3.8) is 0 Å². The standard InChI is InChI=1S/C11H12FN3O/c1-8(16)11-7-15(14-13-11)6-9-3-2-4-10(12)5-9/h2-5,7-8,16H,6H2,1H3. The molecule has 0 aliphatic rings. The van der Waals surface area contributed by atoms with Crippen molar-refractivity contribution in [2.24, 2.45) is 0 Å². The van der Waals surface area contributed by atoms with Crippen molar-refractivity contribution >= 4 is 0 Å². The average molecular weight is 221 g/mol. The molecule has 2 rings (SSSR count). The second-order valence-electron chi connectivity index (χ2n) is 3.65. The normalized spacial score (nSPS) is 12.7. The van der Waals surface area contributed by atoms with Gasteiger partial charge in [0.2, 0.25) is 0 Å². The lowest BCUT2D eigenvalue weighted by atomic mass is 10.2. The van der Waals surface area contributed by atoms with E-state index in [1.54, 1.807) is 23.9 Å². The summed E-state index contributed by atoms with van der Waals surface area (Å²) in [5, 5.41) is 16.9. The van der Waals surface area contributed by atoms with Crippen LogP contribution in [0.4, 0.5) is 4.39 Å². The topological polar surface area (TPSA) is 50.9 Å². The zero-order chi connectivity index (χ0) is 11.5. The van der Waals surface area contributed by atoms with E-state index in [0.29, 0.717) is 12.2 Å². The zero-order valence-electron chi connectivity index (χ0n) is 8.84. The molecule has 1 heterocycles. The third-order valence-electron chi connectivity index (χ3n) is 2.22. The molecule has 5 heteroatoms. The van der Waals surface area contributed by atoms with Gasteiger partial charge in [-0.3, -0.25) is 0 Å². The first kappa shape index (κ1) is 10.8. The van der Waals surface area contributed by atoms with E-state index in [9.17, 15) is 9.50 Å². The van der Waals surface area contributed by atoms with E-state index in [1.165, 1.54) is 12.1 Å². The minimum atomic E-state index is -0.638. The van der Waals surface area contributed by atoms with Crippen molar-refractivity contribution in [1.29, 1.82) is 0 Å². The number of nitrogens with zero attached hydrogens (tertiary/aromatic N) is 3. The predicted molar refractivity (Wildman–Crippen MR) is 56.2 cm³/mol. The fraction of sp³-hybridized carbons (Fsp3) is 0.273. The van der Waals surface area contributed by atoms with Crippen LogP contribution in [0.5, 0.6) is 0 Å². The van der Waals surface area contributed by atoms with Gasteiger partial charge in [-0.05, 0) is 24.6 Å². The fourth-order valence-electron chi connectivity index (χ4n) is 1.40. The fourth-order valence-corrected chi connectivity index (χ4v) is 1.40. The second kappa shape index (κ2) is 4.40. The number of hydrogen-bond acceptors (Lipinski definition) is 3. The molecule has 0 saturated heterocycles. The van der Waals surface area contributed by atoms with Crippen LogP contribution in [-0.2, 0) is 6.54 Å². The summed E-state index contributed by atoms with van der Waals surface area (Å²) in [4.78, 5) is 0. The van der Waals surface area contributed by atoms with Gasteiger partial charge in [-0.15, -0.1) is 5.10 Å². The van der Waals surface area contributed by atoms with E-state index in [1.807, 2.05) is 6.07 Å². The lowest BCUT2D eigenvalue weighted by Gasteiger charge is -2.00. The number of aliphatic hydroxyl groups excluding tert-OH is 1. The van der Waals surface area contributed by atoms with Crippen molar-refractivity contribution < 1.29 is 9.50 Å². The molecule has 0 bridgehead atoms. The zero-order valence-corrected chi connectivity index (χ0v) is 8.84. The average Bonchev–Trinajstić information content (AvgIpc) is 2.66. The van der Waals surface area contributed by atoms with Gasteiger partial charge in [-0.25, -0.2) is 9.07 Å². The quantitative estimate of drug-likeness (QED) is 0.854. The predicted octanol–water partition coefficient (Wildman–Crippen LogP) is 1.52. The van der Waals surface area contributed by atoms with Crippen molar-refractivity contribution in [3.05, 3.63) is 47.5 Å². The van der Waals surface area contributed by atoms with Crippen molar-refractivity contribution in [3.8, 4) is 0 Å². The number of aliphatic hydroxyl groups is 1. The Morgan fingerprint density at radius 3 is 2.94 bits per heavy atom. The SMILES string of the molecule is CC(O)c1cn(Cc2cccc(F)c2)nn1. The summed E-state index contributed by atoms with van der Waals surface area (Å²) in [7, 11) is 0.